The molecule has 13 aromatic rings. The molecule has 8 heteroatoms. The molecule has 0 unspecified atom stereocenters. The molecular formula is C63H46N6OPt. The zero-order valence-corrected chi connectivity index (χ0v) is 40.8. The Morgan fingerprint density at radius 2 is 1.07 bits per heavy atom. The molecule has 5 aromatic heterocycles. The first-order chi connectivity index (χ1) is 38.9. The molecule has 5 heterocycles. The van der Waals surface area contributed by atoms with Gasteiger partial charge in [0.15, 0.2) is 0 Å². The molecule has 0 aliphatic heterocycles. The van der Waals surface area contributed by atoms with Crippen molar-refractivity contribution in [3.05, 3.63) is 234 Å². The van der Waals surface area contributed by atoms with Gasteiger partial charge in [-0.1, -0.05) is 20.8 Å². The van der Waals surface area contributed by atoms with Crippen LogP contribution in [0.2, 0.25) is 0 Å². The second-order valence-corrected chi connectivity index (χ2v) is 19.3. The molecule has 7 nitrogen and oxygen atoms in total. The SMILES string of the molecule is [2H]c1c([2H])c([2H])c(-c2cc(-n3c4ccccc4c4ccccc43)cc(-c3c([2H])c([2H])c([2H])c([2H])c3[2H])c2-n2[c](=[Pt])n(-c3cccc(Oc4ccc5c6ccncc6n(-c6cc(C(C)(C)C)ccn6)c5c4)c3)c3ccccc32)c([2H])c1[2H]. The Labute approximate surface area is 435 Å². The molecule has 0 N–H and O–H groups in total. The number of ether oxygens (including phenoxy) is 1. The number of hydrogen-bond acceptors (Lipinski definition) is 3. The number of rotatable bonds is 8. The van der Waals surface area contributed by atoms with Gasteiger partial charge in [-0.15, -0.1) is 0 Å². The zero-order chi connectivity index (χ0) is 56.5. The molecule has 0 radical (unpaired) electrons. The summed E-state index contributed by atoms with van der Waals surface area (Å²) in [5, 5.41) is 3.86. The van der Waals surface area contributed by atoms with Crippen molar-refractivity contribution in [3.8, 4) is 56.6 Å². The number of fused-ring (bicyclic) bond motifs is 7. The van der Waals surface area contributed by atoms with Gasteiger partial charge in [0.25, 0.3) is 0 Å². The summed E-state index contributed by atoms with van der Waals surface area (Å²) in [5.41, 5.74) is 7.01. The molecule has 0 fully saturated rings. The van der Waals surface area contributed by atoms with Gasteiger partial charge in [-0.2, -0.15) is 0 Å². The van der Waals surface area contributed by atoms with Gasteiger partial charge in [0, 0.05) is 12.4 Å². The van der Waals surface area contributed by atoms with Crippen molar-refractivity contribution < 1.29 is 37.8 Å². The third-order valence-electron chi connectivity index (χ3n) is 13.1. The molecule has 0 aliphatic carbocycles. The summed E-state index contributed by atoms with van der Waals surface area (Å²) in [4.78, 5) is 9.33. The Morgan fingerprint density at radius 3 is 1.73 bits per heavy atom. The van der Waals surface area contributed by atoms with Gasteiger partial charge in [-0.25, -0.2) is 0 Å². The van der Waals surface area contributed by atoms with Crippen LogP contribution in [0.25, 0.3) is 99.8 Å². The van der Waals surface area contributed by atoms with Crippen LogP contribution in [0.1, 0.15) is 40.0 Å². The number of hydrogen-bond donors (Lipinski definition) is 0. The van der Waals surface area contributed by atoms with Crippen LogP contribution in [-0.4, -0.2) is 28.2 Å². The van der Waals surface area contributed by atoms with Crippen molar-refractivity contribution in [1.82, 2.24) is 28.2 Å². The topological polar surface area (TPSA) is 54.7 Å². The van der Waals surface area contributed by atoms with Gasteiger partial charge >= 0.3 is 382 Å². The molecule has 0 bridgehead atoms. The van der Waals surface area contributed by atoms with Crippen LogP contribution in [0.3, 0.4) is 0 Å². The van der Waals surface area contributed by atoms with Crippen molar-refractivity contribution in [3.63, 3.8) is 0 Å². The number of benzene rings is 8. The Morgan fingerprint density at radius 1 is 0.479 bits per heavy atom. The molecule has 0 amide bonds. The van der Waals surface area contributed by atoms with Crippen LogP contribution in [0.15, 0.2) is 225 Å². The fourth-order valence-corrected chi connectivity index (χ4v) is 11.0. The summed E-state index contributed by atoms with van der Waals surface area (Å²) in [6, 6.07) is 41.2. The van der Waals surface area contributed by atoms with Gasteiger partial charge < -0.3 is 0 Å². The van der Waals surface area contributed by atoms with E-state index in [1.54, 1.807) is 18.3 Å². The molecule has 0 aliphatic rings. The van der Waals surface area contributed by atoms with Crippen molar-refractivity contribution in [2.24, 2.45) is 0 Å². The predicted molar refractivity (Wildman–Crippen MR) is 286 cm³/mol. The molecule has 0 saturated carbocycles. The standard InChI is InChI=1S/C63H46N6O.Pt/c1-63(2,3)44-31-34-65-61(35-44)69-59-39-48(29-30-51(59)52-32-33-64-40-60(52)69)70-47-22-16-21-45(36-47)66-41-67(58-28-15-14-27-57(58)66)62-53(42-17-6-4-7-18-42)37-46(38-54(62)43-19-8-5-9-20-43)68-55-25-12-10-23-49(55)50-24-11-13-26-56(50)68;/h4-40H,1-3H3;/i4D,5D,6D,7D,8D,9D,17D,18D,19D,20D;. The molecule has 71 heavy (non-hydrogen) atoms. The van der Waals surface area contributed by atoms with E-state index in [0.717, 1.165) is 55.0 Å². The van der Waals surface area contributed by atoms with Crippen LogP contribution in [0, 0.1) is 3.80 Å². The molecule has 8 aromatic carbocycles. The fraction of sp³-hybridized carbons (Fsp3) is 0.0635. The number of imidazole rings is 1. The first kappa shape index (κ1) is 33.2. The van der Waals surface area contributed by atoms with E-state index in [4.69, 9.17) is 17.9 Å². The quantitative estimate of drug-likeness (QED) is 0.152. The monoisotopic (exact) mass is 1110 g/mol. The third-order valence-corrected chi connectivity index (χ3v) is 14.1. The fourth-order valence-electron chi connectivity index (χ4n) is 9.90. The van der Waals surface area contributed by atoms with Gasteiger partial charge in [0.05, 0.1) is 0 Å². The predicted octanol–water partition coefficient (Wildman–Crippen LogP) is 15.9. The van der Waals surface area contributed by atoms with Crippen molar-refractivity contribution in [1.29, 1.82) is 0 Å². The van der Waals surface area contributed by atoms with Crippen LogP contribution in [-0.2, 0) is 24.8 Å². The minimum absolute atomic E-state index is 0.117. The van der Waals surface area contributed by atoms with Crippen LogP contribution in [0.5, 0.6) is 11.5 Å². The summed E-state index contributed by atoms with van der Waals surface area (Å²) in [6.07, 6.45) is 5.47. The second kappa shape index (κ2) is 16.9. The van der Waals surface area contributed by atoms with Gasteiger partial charge in [-0.05, 0) is 17.0 Å². The molecule has 13 rings (SSSR count). The molecular weight excluding hydrogens is 1050 g/mol. The van der Waals surface area contributed by atoms with E-state index in [1.807, 2.05) is 153 Å². The molecule has 0 saturated heterocycles. The van der Waals surface area contributed by atoms with Gasteiger partial charge in [-0.3, -0.25) is 4.98 Å². The first-order valence-electron chi connectivity index (χ1n) is 28.1. The normalized spacial score (nSPS) is 13.9. The summed E-state index contributed by atoms with van der Waals surface area (Å²) >= 11 is 2.20. The van der Waals surface area contributed by atoms with E-state index in [0.29, 0.717) is 37.7 Å². The number of para-hydroxylation sites is 4. The van der Waals surface area contributed by atoms with Crippen molar-refractivity contribution in [2.45, 2.75) is 26.2 Å². The Balaban J connectivity index is 1.07. The summed E-state index contributed by atoms with van der Waals surface area (Å²) < 4.78 is 107. The zero-order valence-electron chi connectivity index (χ0n) is 48.5. The summed E-state index contributed by atoms with van der Waals surface area (Å²) in [5.74, 6) is 1.84. The molecule has 344 valence electrons. The average Bonchev–Trinajstić information content (AvgIpc) is 3.57. The average molecular weight is 1110 g/mol. The van der Waals surface area contributed by atoms with E-state index in [2.05, 4.69) is 55.7 Å². The number of pyridine rings is 2. The Bertz CT molecular complexity index is 4700. The Hall–Kier alpha value is -8.38. The number of aromatic nitrogens is 6. The van der Waals surface area contributed by atoms with Gasteiger partial charge in [0.2, 0.25) is 0 Å². The summed E-state index contributed by atoms with van der Waals surface area (Å²) in [6.45, 7) is 6.52. The van der Waals surface area contributed by atoms with Crippen molar-refractivity contribution in [2.75, 3.05) is 0 Å². The van der Waals surface area contributed by atoms with Crippen molar-refractivity contribution >= 4 is 54.6 Å². The maximum atomic E-state index is 9.55. The van der Waals surface area contributed by atoms with Gasteiger partial charge in [0.1, 0.15) is 0 Å². The first-order valence-corrected chi connectivity index (χ1v) is 24.2. The van der Waals surface area contributed by atoms with Crippen LogP contribution >= 0.6 is 0 Å². The van der Waals surface area contributed by atoms with E-state index in [-0.39, 0.29) is 33.4 Å². The Kier molecular flexibility index (Phi) is 7.92. The van der Waals surface area contributed by atoms with Crippen LogP contribution < -0.4 is 4.74 Å². The van der Waals surface area contributed by atoms with E-state index < -0.39 is 60.4 Å². The van der Waals surface area contributed by atoms with E-state index >= 15 is 0 Å². The molecule has 0 spiro atoms. The van der Waals surface area contributed by atoms with Crippen LogP contribution in [0.4, 0.5) is 0 Å². The summed E-state index contributed by atoms with van der Waals surface area (Å²) in [7, 11) is 0. The third kappa shape index (κ3) is 7.18. The van der Waals surface area contributed by atoms with E-state index in [1.165, 1.54) is 0 Å². The maximum absolute atomic E-state index is 9.55. The minimum atomic E-state index is -0.580. The van der Waals surface area contributed by atoms with E-state index in [9.17, 15) is 5.48 Å². The second-order valence-electron chi connectivity index (χ2n) is 18.3. The number of nitrogens with zero attached hydrogens (tertiary/aromatic N) is 6. The molecule has 0 atom stereocenters.